The summed E-state index contributed by atoms with van der Waals surface area (Å²) in [7, 11) is 1.61. The molecule has 0 bridgehead atoms. The first kappa shape index (κ1) is 17.0. The first-order valence-electron chi connectivity index (χ1n) is 7.52. The molecule has 4 heteroatoms. The van der Waals surface area contributed by atoms with E-state index in [0.29, 0.717) is 12.4 Å². The summed E-state index contributed by atoms with van der Waals surface area (Å²) in [6.07, 6.45) is -0.651. The zero-order chi connectivity index (χ0) is 16.8. The van der Waals surface area contributed by atoms with Gasteiger partial charge < -0.3 is 14.2 Å². The fourth-order valence-electron chi connectivity index (χ4n) is 2.24. The minimum atomic E-state index is -0.651. The first-order chi connectivity index (χ1) is 11.0. The Bertz CT molecular complexity index is 659. The smallest absolute Gasteiger partial charge is 0.340 e. The molecule has 0 fully saturated rings. The molecule has 0 N–H and O–H groups in total. The highest BCUT2D eigenvalue weighted by molar-refractivity contribution is 5.76. The molecular weight excluding hydrogens is 292 g/mol. The van der Waals surface area contributed by atoms with Crippen molar-refractivity contribution >= 4 is 5.97 Å². The number of aryl methyl sites for hydroxylation is 2. The Hall–Kier alpha value is -2.33. The molecule has 23 heavy (non-hydrogen) atoms. The molecule has 122 valence electrons. The Kier molecular flexibility index (Phi) is 5.77. The zero-order valence-electron chi connectivity index (χ0n) is 14.0. The quantitative estimate of drug-likeness (QED) is 0.600. The van der Waals surface area contributed by atoms with Crippen molar-refractivity contribution in [3.05, 3.63) is 59.2 Å². The number of carbonyl (C=O) groups excluding carboxylic acids is 1. The lowest BCUT2D eigenvalue weighted by Crippen LogP contribution is -2.25. The van der Waals surface area contributed by atoms with Gasteiger partial charge in [-0.05, 0) is 61.7 Å². The molecule has 0 aliphatic rings. The third-order valence-corrected chi connectivity index (χ3v) is 3.38. The van der Waals surface area contributed by atoms with Crippen molar-refractivity contribution in [2.24, 2.45) is 0 Å². The molecule has 1 atom stereocenters. The first-order valence-corrected chi connectivity index (χ1v) is 7.52. The Labute approximate surface area is 137 Å². The predicted octanol–water partition coefficient (Wildman–Crippen LogP) is 3.82. The van der Waals surface area contributed by atoms with Crippen LogP contribution in [0.4, 0.5) is 0 Å². The summed E-state index contributed by atoms with van der Waals surface area (Å²) in [5, 5.41) is 0. The topological polar surface area (TPSA) is 44.8 Å². The molecule has 4 nitrogen and oxygen atoms in total. The van der Waals surface area contributed by atoms with E-state index in [2.05, 4.69) is 0 Å². The van der Waals surface area contributed by atoms with E-state index in [1.54, 1.807) is 14.0 Å². The SMILES string of the molecule is COc1cccc(COC(C)C(=O)Oc2cc(C)cc(C)c2)c1. The van der Waals surface area contributed by atoms with Crippen LogP contribution in [0, 0.1) is 13.8 Å². The van der Waals surface area contributed by atoms with Crippen LogP contribution in [0.5, 0.6) is 11.5 Å². The van der Waals surface area contributed by atoms with Crippen LogP contribution in [0.1, 0.15) is 23.6 Å². The van der Waals surface area contributed by atoms with Crippen LogP contribution >= 0.6 is 0 Å². The third kappa shape index (κ3) is 5.11. The van der Waals surface area contributed by atoms with Crippen LogP contribution in [0.3, 0.4) is 0 Å². The monoisotopic (exact) mass is 314 g/mol. The molecular formula is C19H22O4. The van der Waals surface area contributed by atoms with E-state index in [1.165, 1.54) is 0 Å². The summed E-state index contributed by atoms with van der Waals surface area (Å²) in [6.45, 7) is 5.94. The minimum Gasteiger partial charge on any atom is -0.497 e. The standard InChI is InChI=1S/C19H22O4/c1-13-8-14(2)10-18(9-13)23-19(20)15(3)22-12-16-6-5-7-17(11-16)21-4/h5-11,15H,12H2,1-4H3. The Morgan fingerprint density at radius 1 is 1.04 bits per heavy atom. The highest BCUT2D eigenvalue weighted by atomic mass is 16.6. The number of hydrogen-bond donors (Lipinski definition) is 0. The second kappa shape index (κ2) is 7.79. The van der Waals surface area contributed by atoms with E-state index in [1.807, 2.05) is 56.3 Å². The van der Waals surface area contributed by atoms with Crippen LogP contribution in [-0.4, -0.2) is 19.2 Å². The molecule has 2 aromatic rings. The van der Waals surface area contributed by atoms with E-state index in [9.17, 15) is 4.79 Å². The van der Waals surface area contributed by atoms with Crippen LogP contribution in [-0.2, 0) is 16.1 Å². The van der Waals surface area contributed by atoms with E-state index in [-0.39, 0.29) is 0 Å². The molecule has 2 rings (SSSR count). The maximum atomic E-state index is 12.1. The van der Waals surface area contributed by atoms with Crippen LogP contribution in [0.25, 0.3) is 0 Å². The van der Waals surface area contributed by atoms with Gasteiger partial charge in [0, 0.05) is 0 Å². The Morgan fingerprint density at radius 2 is 1.74 bits per heavy atom. The number of carbonyl (C=O) groups is 1. The lowest BCUT2D eigenvalue weighted by Gasteiger charge is -2.13. The Balaban J connectivity index is 1.91. The van der Waals surface area contributed by atoms with Crippen molar-refractivity contribution in [2.75, 3.05) is 7.11 Å². The van der Waals surface area contributed by atoms with Crippen molar-refractivity contribution in [1.82, 2.24) is 0 Å². The molecule has 0 aromatic heterocycles. The van der Waals surface area contributed by atoms with E-state index < -0.39 is 12.1 Å². The highest BCUT2D eigenvalue weighted by Gasteiger charge is 2.16. The number of benzene rings is 2. The van der Waals surface area contributed by atoms with Crippen molar-refractivity contribution in [3.63, 3.8) is 0 Å². The molecule has 0 spiro atoms. The molecule has 0 amide bonds. The number of methoxy groups -OCH3 is 1. The number of rotatable bonds is 6. The molecule has 0 saturated carbocycles. The molecule has 0 heterocycles. The van der Waals surface area contributed by atoms with Crippen molar-refractivity contribution in [3.8, 4) is 11.5 Å². The van der Waals surface area contributed by atoms with Gasteiger partial charge in [-0.15, -0.1) is 0 Å². The average molecular weight is 314 g/mol. The van der Waals surface area contributed by atoms with Crippen molar-refractivity contribution in [1.29, 1.82) is 0 Å². The molecule has 2 aromatic carbocycles. The highest BCUT2D eigenvalue weighted by Crippen LogP contribution is 2.18. The Morgan fingerprint density at radius 3 is 2.39 bits per heavy atom. The van der Waals surface area contributed by atoms with Gasteiger partial charge in [-0.1, -0.05) is 18.2 Å². The number of ether oxygens (including phenoxy) is 3. The second-order valence-electron chi connectivity index (χ2n) is 5.55. The zero-order valence-corrected chi connectivity index (χ0v) is 14.0. The molecule has 0 aliphatic carbocycles. The van der Waals surface area contributed by atoms with Gasteiger partial charge in [0.15, 0.2) is 6.10 Å². The van der Waals surface area contributed by atoms with Gasteiger partial charge in [-0.25, -0.2) is 4.79 Å². The van der Waals surface area contributed by atoms with Crippen molar-refractivity contribution < 1.29 is 19.0 Å². The number of esters is 1. The molecule has 0 saturated heterocycles. The van der Waals surface area contributed by atoms with Crippen LogP contribution < -0.4 is 9.47 Å². The fraction of sp³-hybridized carbons (Fsp3) is 0.316. The lowest BCUT2D eigenvalue weighted by molar-refractivity contribution is -0.147. The normalized spacial score (nSPS) is 11.8. The van der Waals surface area contributed by atoms with Gasteiger partial charge >= 0.3 is 5.97 Å². The van der Waals surface area contributed by atoms with Gasteiger partial charge in [-0.2, -0.15) is 0 Å². The van der Waals surface area contributed by atoms with Gasteiger partial charge in [-0.3, -0.25) is 0 Å². The van der Waals surface area contributed by atoms with Gasteiger partial charge in [0.05, 0.1) is 13.7 Å². The third-order valence-electron chi connectivity index (χ3n) is 3.38. The van der Waals surface area contributed by atoms with Crippen molar-refractivity contribution in [2.45, 2.75) is 33.5 Å². The summed E-state index contributed by atoms with van der Waals surface area (Å²) >= 11 is 0. The average Bonchev–Trinajstić information content (AvgIpc) is 2.51. The summed E-state index contributed by atoms with van der Waals surface area (Å²) in [4.78, 5) is 12.1. The lowest BCUT2D eigenvalue weighted by atomic mass is 10.1. The van der Waals surface area contributed by atoms with Gasteiger partial charge in [0.25, 0.3) is 0 Å². The van der Waals surface area contributed by atoms with E-state index in [0.717, 1.165) is 22.4 Å². The van der Waals surface area contributed by atoms with Gasteiger partial charge in [0.1, 0.15) is 11.5 Å². The minimum absolute atomic E-state index is 0.320. The maximum absolute atomic E-state index is 12.1. The van der Waals surface area contributed by atoms with Crippen LogP contribution in [0.15, 0.2) is 42.5 Å². The van der Waals surface area contributed by atoms with Crippen LogP contribution in [0.2, 0.25) is 0 Å². The summed E-state index contributed by atoms with van der Waals surface area (Å²) in [5.74, 6) is 0.902. The van der Waals surface area contributed by atoms with E-state index >= 15 is 0 Å². The molecule has 0 aliphatic heterocycles. The summed E-state index contributed by atoms with van der Waals surface area (Å²) in [5.41, 5.74) is 3.05. The molecule has 0 radical (unpaired) electrons. The number of hydrogen-bond acceptors (Lipinski definition) is 4. The predicted molar refractivity (Wildman–Crippen MR) is 88.8 cm³/mol. The summed E-state index contributed by atoms with van der Waals surface area (Å²) < 4.78 is 16.1. The molecule has 1 unspecified atom stereocenters. The van der Waals surface area contributed by atoms with Gasteiger partial charge in [0.2, 0.25) is 0 Å². The van der Waals surface area contributed by atoms with E-state index in [4.69, 9.17) is 14.2 Å². The maximum Gasteiger partial charge on any atom is 0.340 e. The fourth-order valence-corrected chi connectivity index (χ4v) is 2.24. The second-order valence-corrected chi connectivity index (χ2v) is 5.55. The summed E-state index contributed by atoms with van der Waals surface area (Å²) in [6, 6.07) is 13.2. The largest absolute Gasteiger partial charge is 0.497 e.